The molecule has 29 heavy (non-hydrogen) atoms. The molecule has 10 heteroatoms. The minimum Gasteiger partial charge on any atom is -0.477 e. The van der Waals surface area contributed by atoms with Gasteiger partial charge in [0.25, 0.3) is 5.91 Å². The average Bonchev–Trinajstić information content (AvgIpc) is 2.69. The highest BCUT2D eigenvalue weighted by atomic mass is 32.2. The lowest BCUT2D eigenvalue weighted by Crippen LogP contribution is -2.78. The van der Waals surface area contributed by atoms with Crippen LogP contribution in [0.25, 0.3) is 0 Å². The normalized spacial score (nSPS) is 23.2. The van der Waals surface area contributed by atoms with E-state index in [9.17, 15) is 24.3 Å². The molecular weight excluding hydrogens is 416 g/mol. The molecule has 2 N–H and O–H groups in total. The molecule has 1 saturated heterocycles. The van der Waals surface area contributed by atoms with Crippen molar-refractivity contribution < 1.29 is 29.0 Å². The second-order valence-electron chi connectivity index (χ2n) is 6.53. The number of carboxylic acids is 1. The van der Waals surface area contributed by atoms with Crippen LogP contribution in [0.5, 0.6) is 0 Å². The molecule has 154 valence electrons. The van der Waals surface area contributed by atoms with Crippen molar-refractivity contribution in [3.8, 4) is 0 Å². The Balaban J connectivity index is 1.80. The van der Waals surface area contributed by atoms with Crippen molar-refractivity contribution in [1.29, 1.82) is 0 Å². The molecule has 3 rings (SSSR count). The van der Waals surface area contributed by atoms with Gasteiger partial charge in [-0.2, -0.15) is 0 Å². The molecule has 1 fully saturated rings. The van der Waals surface area contributed by atoms with Crippen LogP contribution in [0.1, 0.15) is 12.5 Å². The number of benzene rings is 1. The summed E-state index contributed by atoms with van der Waals surface area (Å²) in [6.07, 6.45) is 1.82. The fourth-order valence-corrected chi connectivity index (χ4v) is 5.89. The number of carboxylic acid groups (broad SMARTS) is 1. The van der Waals surface area contributed by atoms with Crippen LogP contribution in [0, 0.1) is 0 Å². The molecule has 0 saturated carbocycles. The van der Waals surface area contributed by atoms with E-state index in [-0.39, 0.29) is 30.4 Å². The van der Waals surface area contributed by atoms with Crippen LogP contribution in [0.2, 0.25) is 0 Å². The fraction of sp³-hybridized carbons (Fsp3) is 0.368. The number of aliphatic carboxylic acids is 1. The number of esters is 1. The van der Waals surface area contributed by atoms with Gasteiger partial charge < -0.3 is 15.2 Å². The Labute approximate surface area is 176 Å². The highest BCUT2D eigenvalue weighted by Gasteiger charge is 2.65. The molecule has 8 nitrogen and oxygen atoms in total. The maximum Gasteiger partial charge on any atom is 0.352 e. The van der Waals surface area contributed by atoms with Crippen LogP contribution in [-0.2, 0) is 30.3 Å². The molecule has 1 aromatic carbocycles. The van der Waals surface area contributed by atoms with E-state index in [1.807, 2.05) is 30.3 Å². The van der Waals surface area contributed by atoms with Crippen molar-refractivity contribution in [3.63, 3.8) is 0 Å². The van der Waals surface area contributed by atoms with E-state index in [2.05, 4.69) is 5.32 Å². The third kappa shape index (κ3) is 3.99. The molecular formula is C19H20N2O6S2. The van der Waals surface area contributed by atoms with E-state index in [0.29, 0.717) is 5.57 Å². The van der Waals surface area contributed by atoms with Crippen LogP contribution < -0.4 is 5.32 Å². The van der Waals surface area contributed by atoms with Gasteiger partial charge >= 0.3 is 11.9 Å². The van der Waals surface area contributed by atoms with Crippen molar-refractivity contribution in [2.24, 2.45) is 0 Å². The maximum atomic E-state index is 13.0. The van der Waals surface area contributed by atoms with Crippen LogP contribution in [0.4, 0.5) is 0 Å². The molecule has 0 aromatic heterocycles. The van der Waals surface area contributed by atoms with Crippen molar-refractivity contribution >= 4 is 47.3 Å². The summed E-state index contributed by atoms with van der Waals surface area (Å²) in [5, 5.41) is 11.9. The maximum absolute atomic E-state index is 13.0. The first-order valence-corrected chi connectivity index (χ1v) is 11.0. The van der Waals surface area contributed by atoms with Crippen molar-refractivity contribution in [1.82, 2.24) is 10.2 Å². The predicted molar refractivity (Wildman–Crippen MR) is 109 cm³/mol. The first kappa shape index (κ1) is 21.3. The van der Waals surface area contributed by atoms with Crippen LogP contribution in [0.3, 0.4) is 0 Å². The number of thioether (sulfide) groups is 2. The monoisotopic (exact) mass is 436 g/mol. The number of nitrogens with zero attached hydrogens (tertiary/aromatic N) is 1. The minimum atomic E-state index is -1.27. The van der Waals surface area contributed by atoms with Gasteiger partial charge in [0.15, 0.2) is 4.87 Å². The van der Waals surface area contributed by atoms with E-state index in [4.69, 9.17) is 4.74 Å². The third-order valence-electron chi connectivity index (χ3n) is 4.62. The molecule has 2 amide bonds. The average molecular weight is 437 g/mol. The summed E-state index contributed by atoms with van der Waals surface area (Å²) in [5.41, 5.74) is 0.991. The molecule has 2 heterocycles. The van der Waals surface area contributed by atoms with Crippen molar-refractivity contribution in [2.45, 2.75) is 23.6 Å². The van der Waals surface area contributed by atoms with Crippen LogP contribution >= 0.6 is 23.5 Å². The summed E-state index contributed by atoms with van der Waals surface area (Å²) < 4.78 is 4.93. The van der Waals surface area contributed by atoms with Crippen LogP contribution in [0.15, 0.2) is 41.6 Å². The summed E-state index contributed by atoms with van der Waals surface area (Å²) in [5.74, 6) is -2.33. The quantitative estimate of drug-likeness (QED) is 0.373. The van der Waals surface area contributed by atoms with Gasteiger partial charge in [-0.25, -0.2) is 4.79 Å². The fourth-order valence-electron chi connectivity index (χ4n) is 3.28. The van der Waals surface area contributed by atoms with Gasteiger partial charge in [-0.3, -0.25) is 19.3 Å². The van der Waals surface area contributed by atoms with E-state index in [1.165, 1.54) is 35.3 Å². The Kier molecular flexibility index (Phi) is 6.23. The molecule has 0 radical (unpaired) electrons. The summed E-state index contributed by atoms with van der Waals surface area (Å²) in [7, 11) is 0. The van der Waals surface area contributed by atoms with Gasteiger partial charge in [0.1, 0.15) is 17.7 Å². The van der Waals surface area contributed by atoms with Crippen LogP contribution in [-0.4, -0.2) is 62.6 Å². The van der Waals surface area contributed by atoms with Gasteiger partial charge in [-0.15, -0.1) is 23.5 Å². The largest absolute Gasteiger partial charge is 0.477 e. The molecule has 1 aromatic rings. The summed E-state index contributed by atoms with van der Waals surface area (Å²) in [6, 6.07) is 9.15. The summed E-state index contributed by atoms with van der Waals surface area (Å²) in [4.78, 5) is 48.4. The first-order valence-electron chi connectivity index (χ1n) is 8.74. The minimum absolute atomic E-state index is 0.118. The molecule has 2 aliphatic rings. The number of ether oxygens (including phenoxy) is 1. The molecule has 0 bridgehead atoms. The van der Waals surface area contributed by atoms with E-state index in [0.717, 1.165) is 5.56 Å². The van der Waals surface area contributed by atoms with Gasteiger partial charge in [0.05, 0.1) is 6.42 Å². The van der Waals surface area contributed by atoms with Gasteiger partial charge in [0, 0.05) is 18.2 Å². The van der Waals surface area contributed by atoms with Crippen molar-refractivity contribution in [2.75, 3.05) is 18.6 Å². The standard InChI is InChI=1S/C19H20N2O6S2/c1-11(22)27-9-13-10-29-18-19(28-2,17(26)21(18)15(13)16(24)25)20-14(23)8-12-6-4-3-5-7-12/h3-7,18H,8-10H2,1-2H3,(H,20,23)(H,24,25)/t18-,19+/m1/s1. The molecule has 2 aliphatic heterocycles. The number of carbonyl (C=O) groups is 4. The number of β-lactam (4-membered cyclic amide) rings is 1. The summed E-state index contributed by atoms with van der Waals surface area (Å²) in [6.45, 7) is 1.04. The molecule has 0 unspecified atom stereocenters. The Bertz CT molecular complexity index is 888. The lowest BCUT2D eigenvalue weighted by atomic mass is 10.0. The highest BCUT2D eigenvalue weighted by Crippen LogP contribution is 2.50. The van der Waals surface area contributed by atoms with E-state index >= 15 is 0 Å². The number of amides is 2. The molecule has 0 aliphatic carbocycles. The number of hydrogen-bond donors (Lipinski definition) is 2. The number of hydrogen-bond acceptors (Lipinski definition) is 7. The smallest absolute Gasteiger partial charge is 0.352 e. The Morgan fingerprint density at radius 3 is 2.62 bits per heavy atom. The number of rotatable bonds is 7. The van der Waals surface area contributed by atoms with E-state index < -0.39 is 28.1 Å². The molecule has 0 spiro atoms. The lowest BCUT2D eigenvalue weighted by molar-refractivity contribution is -0.153. The Morgan fingerprint density at radius 2 is 2.03 bits per heavy atom. The second kappa shape index (κ2) is 8.50. The van der Waals surface area contributed by atoms with E-state index in [1.54, 1.807) is 6.26 Å². The number of carbonyl (C=O) groups excluding carboxylic acids is 3. The topological polar surface area (TPSA) is 113 Å². The zero-order chi connectivity index (χ0) is 21.2. The third-order valence-corrected chi connectivity index (χ3v) is 7.31. The Morgan fingerprint density at radius 1 is 1.34 bits per heavy atom. The lowest BCUT2D eigenvalue weighted by Gasteiger charge is -2.56. The van der Waals surface area contributed by atoms with Gasteiger partial charge in [-0.1, -0.05) is 30.3 Å². The SMILES string of the molecule is CS[C@@]1(NC(=O)Cc2ccccc2)C(=O)N2C(C(=O)O)=C(COC(C)=O)CS[C@@H]21. The van der Waals surface area contributed by atoms with Gasteiger partial charge in [-0.05, 0) is 11.8 Å². The second-order valence-corrected chi connectivity index (χ2v) is 8.65. The molecule has 2 atom stereocenters. The predicted octanol–water partition coefficient (Wildman–Crippen LogP) is 1.22. The number of nitrogens with one attached hydrogen (secondary N) is 1. The highest BCUT2D eigenvalue weighted by molar-refractivity contribution is 8.05. The van der Waals surface area contributed by atoms with Crippen molar-refractivity contribution in [3.05, 3.63) is 47.2 Å². The zero-order valence-electron chi connectivity index (χ0n) is 15.8. The summed E-state index contributed by atoms with van der Waals surface area (Å²) >= 11 is 2.51. The first-order chi connectivity index (χ1) is 13.8. The Hall–Kier alpha value is -2.46. The zero-order valence-corrected chi connectivity index (χ0v) is 17.5. The van der Waals surface area contributed by atoms with Gasteiger partial charge in [0.2, 0.25) is 5.91 Å². The number of fused-ring (bicyclic) bond motifs is 1.